The van der Waals surface area contributed by atoms with Crippen molar-refractivity contribution < 1.29 is 22.6 Å². The fraction of sp³-hybridized carbons (Fsp3) is 0.217. The molecule has 0 bridgehead atoms. The Labute approximate surface area is 181 Å². The molecule has 31 heavy (non-hydrogen) atoms. The van der Waals surface area contributed by atoms with Gasteiger partial charge in [0, 0.05) is 28.4 Å². The Morgan fingerprint density at radius 3 is 2.10 bits per heavy atom. The van der Waals surface area contributed by atoms with E-state index in [1.807, 2.05) is 32.0 Å². The molecule has 4 aromatic rings. The summed E-state index contributed by atoms with van der Waals surface area (Å²) in [5, 5.41) is 2.05. The van der Waals surface area contributed by atoms with E-state index < -0.39 is 10.0 Å². The molecule has 0 aliphatic carbocycles. The number of aromatic amines is 1. The number of fused-ring (bicyclic) bond motifs is 3. The van der Waals surface area contributed by atoms with Gasteiger partial charge in [0.05, 0.1) is 37.4 Å². The van der Waals surface area contributed by atoms with Crippen LogP contribution in [-0.2, 0) is 10.0 Å². The topological polar surface area (TPSA) is 89.7 Å². The molecule has 0 atom stereocenters. The lowest BCUT2D eigenvalue weighted by atomic mass is 10.0. The van der Waals surface area contributed by atoms with Crippen molar-refractivity contribution in [2.45, 2.75) is 18.7 Å². The summed E-state index contributed by atoms with van der Waals surface area (Å²) in [5.41, 5.74) is 4.40. The number of para-hydroxylation sites is 1. The lowest BCUT2D eigenvalue weighted by Gasteiger charge is -2.15. The van der Waals surface area contributed by atoms with Gasteiger partial charge in [-0.3, -0.25) is 4.72 Å². The Morgan fingerprint density at radius 2 is 1.48 bits per heavy atom. The molecule has 0 aliphatic rings. The predicted molar refractivity (Wildman–Crippen MR) is 122 cm³/mol. The third-order valence-electron chi connectivity index (χ3n) is 5.40. The van der Waals surface area contributed by atoms with Gasteiger partial charge in [-0.1, -0.05) is 24.3 Å². The molecule has 4 rings (SSSR count). The molecule has 0 unspecified atom stereocenters. The van der Waals surface area contributed by atoms with E-state index >= 15 is 0 Å². The number of rotatable bonds is 6. The van der Waals surface area contributed by atoms with Crippen molar-refractivity contribution >= 4 is 37.5 Å². The van der Waals surface area contributed by atoms with Gasteiger partial charge in [-0.05, 0) is 31.0 Å². The number of methoxy groups -OCH3 is 3. The summed E-state index contributed by atoms with van der Waals surface area (Å²) in [6.07, 6.45) is 0. The van der Waals surface area contributed by atoms with Crippen LogP contribution >= 0.6 is 0 Å². The second kappa shape index (κ2) is 7.70. The number of nitrogens with one attached hydrogen (secondary N) is 2. The van der Waals surface area contributed by atoms with Gasteiger partial charge in [0.25, 0.3) is 10.0 Å². The van der Waals surface area contributed by atoms with Crippen molar-refractivity contribution in [1.29, 1.82) is 0 Å². The minimum absolute atomic E-state index is 0.00229. The second-order valence-corrected chi connectivity index (χ2v) is 8.95. The van der Waals surface area contributed by atoms with Crippen molar-refractivity contribution in [3.63, 3.8) is 0 Å². The second-order valence-electron chi connectivity index (χ2n) is 7.27. The summed E-state index contributed by atoms with van der Waals surface area (Å²) in [6, 6.07) is 12.5. The molecule has 8 heteroatoms. The van der Waals surface area contributed by atoms with Gasteiger partial charge in [-0.15, -0.1) is 0 Å². The van der Waals surface area contributed by atoms with E-state index in [0.717, 1.165) is 32.9 Å². The molecule has 0 amide bonds. The summed E-state index contributed by atoms with van der Waals surface area (Å²) in [7, 11) is 0.410. The van der Waals surface area contributed by atoms with E-state index in [1.54, 1.807) is 6.07 Å². The summed E-state index contributed by atoms with van der Waals surface area (Å²) >= 11 is 0. The Balaban J connectivity index is 1.86. The first-order chi connectivity index (χ1) is 14.8. The molecule has 0 radical (unpaired) electrons. The van der Waals surface area contributed by atoms with Crippen LogP contribution in [0.3, 0.4) is 0 Å². The van der Waals surface area contributed by atoms with Crippen LogP contribution in [0.4, 0.5) is 5.69 Å². The number of ether oxygens (including phenoxy) is 3. The fourth-order valence-electron chi connectivity index (χ4n) is 3.84. The van der Waals surface area contributed by atoms with Gasteiger partial charge in [0.15, 0.2) is 11.5 Å². The molecule has 0 saturated carbocycles. The van der Waals surface area contributed by atoms with E-state index in [4.69, 9.17) is 14.2 Å². The summed E-state index contributed by atoms with van der Waals surface area (Å²) in [5.74, 6) is 0.849. The number of hydrogen-bond acceptors (Lipinski definition) is 5. The molecule has 0 aliphatic heterocycles. The van der Waals surface area contributed by atoms with Crippen LogP contribution in [0.25, 0.3) is 21.8 Å². The zero-order valence-electron chi connectivity index (χ0n) is 18.0. The highest BCUT2D eigenvalue weighted by Gasteiger charge is 2.23. The van der Waals surface area contributed by atoms with Gasteiger partial charge in [0.2, 0.25) is 5.75 Å². The minimum atomic E-state index is -3.94. The fourth-order valence-corrected chi connectivity index (χ4v) is 4.94. The number of hydrogen-bond donors (Lipinski definition) is 2. The predicted octanol–water partition coefficient (Wildman–Crippen LogP) is 4.76. The Kier molecular flexibility index (Phi) is 5.18. The average molecular weight is 441 g/mol. The molecule has 0 spiro atoms. The van der Waals surface area contributed by atoms with E-state index in [2.05, 4.69) is 15.8 Å². The minimum Gasteiger partial charge on any atom is -0.493 e. The number of anilines is 1. The molecule has 3 aromatic carbocycles. The zero-order valence-corrected chi connectivity index (χ0v) is 18.8. The molecule has 0 fully saturated rings. The van der Waals surface area contributed by atoms with Crippen molar-refractivity contribution in [2.75, 3.05) is 26.1 Å². The molecular formula is C23H24N2O5S. The highest BCUT2D eigenvalue weighted by atomic mass is 32.2. The SMILES string of the molecule is COc1cc(S(=O)(=O)Nc2cccc3c2[nH]c2c(C)ccc(C)c23)cc(OC)c1OC. The molecule has 2 N–H and O–H groups in total. The Morgan fingerprint density at radius 1 is 0.839 bits per heavy atom. The number of aromatic nitrogens is 1. The number of sulfonamides is 1. The van der Waals surface area contributed by atoms with Crippen molar-refractivity contribution in [3.05, 3.63) is 53.6 Å². The smallest absolute Gasteiger partial charge is 0.262 e. The number of H-pyrrole nitrogens is 1. The standard InChI is InChI=1S/C23H24N2O5S/c1-13-9-10-14(2)21-20(13)16-7-6-8-17(22(16)24-21)25-31(26,27)15-11-18(28-3)23(30-5)19(12-15)29-4/h6-12,24-25H,1-5H3. The van der Waals surface area contributed by atoms with Crippen molar-refractivity contribution in [1.82, 2.24) is 4.98 Å². The van der Waals surface area contributed by atoms with E-state index in [9.17, 15) is 8.42 Å². The third kappa shape index (κ3) is 3.42. The lowest BCUT2D eigenvalue weighted by molar-refractivity contribution is 0.323. The first kappa shape index (κ1) is 20.9. The van der Waals surface area contributed by atoms with Gasteiger partial charge >= 0.3 is 0 Å². The van der Waals surface area contributed by atoms with Crippen LogP contribution < -0.4 is 18.9 Å². The first-order valence-corrected chi connectivity index (χ1v) is 11.1. The van der Waals surface area contributed by atoms with Crippen molar-refractivity contribution in [2.24, 2.45) is 0 Å². The van der Waals surface area contributed by atoms with Crippen LogP contribution in [0.1, 0.15) is 11.1 Å². The third-order valence-corrected chi connectivity index (χ3v) is 6.74. The summed E-state index contributed by atoms with van der Waals surface area (Å²) < 4.78 is 45.1. The zero-order chi connectivity index (χ0) is 22.3. The lowest BCUT2D eigenvalue weighted by Crippen LogP contribution is -2.14. The summed E-state index contributed by atoms with van der Waals surface area (Å²) in [6.45, 7) is 4.07. The average Bonchev–Trinajstić information content (AvgIpc) is 3.17. The van der Waals surface area contributed by atoms with Crippen LogP contribution in [0.5, 0.6) is 17.2 Å². The Hall–Kier alpha value is -3.39. The highest BCUT2D eigenvalue weighted by Crippen LogP contribution is 2.40. The van der Waals surface area contributed by atoms with Gasteiger partial charge in [-0.25, -0.2) is 8.42 Å². The maximum Gasteiger partial charge on any atom is 0.262 e. The first-order valence-electron chi connectivity index (χ1n) is 9.64. The monoisotopic (exact) mass is 440 g/mol. The molecule has 7 nitrogen and oxygen atoms in total. The molecule has 162 valence electrons. The largest absolute Gasteiger partial charge is 0.493 e. The molecule has 0 saturated heterocycles. The van der Waals surface area contributed by atoms with Crippen LogP contribution in [0.2, 0.25) is 0 Å². The van der Waals surface area contributed by atoms with E-state index in [1.165, 1.54) is 33.5 Å². The van der Waals surface area contributed by atoms with E-state index in [-0.39, 0.29) is 16.4 Å². The van der Waals surface area contributed by atoms with Gasteiger partial charge < -0.3 is 19.2 Å². The van der Waals surface area contributed by atoms with Crippen LogP contribution in [0.15, 0.2) is 47.4 Å². The highest BCUT2D eigenvalue weighted by molar-refractivity contribution is 7.92. The quantitative estimate of drug-likeness (QED) is 0.451. The molecule has 1 aromatic heterocycles. The van der Waals surface area contributed by atoms with Gasteiger partial charge in [-0.2, -0.15) is 0 Å². The van der Waals surface area contributed by atoms with Gasteiger partial charge in [0.1, 0.15) is 0 Å². The maximum atomic E-state index is 13.3. The van der Waals surface area contributed by atoms with Crippen molar-refractivity contribution in [3.8, 4) is 17.2 Å². The Bertz CT molecular complexity index is 1380. The summed E-state index contributed by atoms with van der Waals surface area (Å²) in [4.78, 5) is 3.40. The normalized spacial score (nSPS) is 11.6. The molecular weight excluding hydrogens is 416 g/mol. The van der Waals surface area contributed by atoms with Crippen LogP contribution in [-0.4, -0.2) is 34.7 Å². The number of benzene rings is 3. The number of aryl methyl sites for hydroxylation is 2. The molecule has 1 heterocycles. The van der Waals surface area contributed by atoms with Crippen LogP contribution in [0, 0.1) is 13.8 Å². The van der Waals surface area contributed by atoms with E-state index in [0.29, 0.717) is 11.4 Å². The maximum absolute atomic E-state index is 13.3.